The van der Waals surface area contributed by atoms with Gasteiger partial charge in [0.05, 0.1) is 0 Å². The van der Waals surface area contributed by atoms with Crippen LogP contribution in [0.5, 0.6) is 0 Å². The van der Waals surface area contributed by atoms with Crippen molar-refractivity contribution in [1.82, 2.24) is 5.32 Å². The molecule has 0 aliphatic carbocycles. The topological polar surface area (TPSA) is 52.5 Å². The van der Waals surface area contributed by atoms with Crippen LogP contribution in [-0.4, -0.2) is 10.2 Å². The van der Waals surface area contributed by atoms with Gasteiger partial charge in [0.15, 0.2) is 11.6 Å². The number of benzene rings is 2. The molecule has 1 aliphatic rings. The Hall–Kier alpha value is -2.52. The first-order chi connectivity index (χ1) is 9.67. The Bertz CT molecular complexity index is 676. The standard InChI is InChI=1S/C17H15NO2/c19-16-12-14-8-4-5-9-15(14)17(20,18-16)11-10-13-6-2-1-3-7-13/h1-12,18-20H. The van der Waals surface area contributed by atoms with Gasteiger partial charge in [0.25, 0.3) is 0 Å². The van der Waals surface area contributed by atoms with Crippen molar-refractivity contribution in [3.63, 3.8) is 0 Å². The Morgan fingerprint density at radius 3 is 2.45 bits per heavy atom. The molecule has 0 amide bonds. The minimum absolute atomic E-state index is 0.0519. The van der Waals surface area contributed by atoms with Gasteiger partial charge in [0.1, 0.15) is 0 Å². The van der Waals surface area contributed by atoms with Crippen LogP contribution in [0.3, 0.4) is 0 Å². The van der Waals surface area contributed by atoms with Crippen LogP contribution in [0.2, 0.25) is 0 Å². The van der Waals surface area contributed by atoms with Gasteiger partial charge in [-0.3, -0.25) is 0 Å². The van der Waals surface area contributed by atoms with Crippen molar-refractivity contribution in [3.8, 4) is 0 Å². The van der Waals surface area contributed by atoms with Crippen molar-refractivity contribution in [2.24, 2.45) is 0 Å². The molecule has 0 fully saturated rings. The van der Waals surface area contributed by atoms with Crippen LogP contribution in [0.15, 0.2) is 66.6 Å². The van der Waals surface area contributed by atoms with Crippen LogP contribution in [0.25, 0.3) is 12.2 Å². The summed E-state index contributed by atoms with van der Waals surface area (Å²) in [5.41, 5.74) is 1.08. The fraction of sp³-hybridized carbons (Fsp3) is 0.0588. The number of hydrogen-bond acceptors (Lipinski definition) is 3. The van der Waals surface area contributed by atoms with Crippen molar-refractivity contribution in [3.05, 3.63) is 83.2 Å². The lowest BCUT2D eigenvalue weighted by Gasteiger charge is -2.31. The van der Waals surface area contributed by atoms with Gasteiger partial charge in [0, 0.05) is 11.6 Å². The van der Waals surface area contributed by atoms with Gasteiger partial charge < -0.3 is 15.5 Å². The number of rotatable bonds is 2. The summed E-state index contributed by atoms with van der Waals surface area (Å²) in [6.07, 6.45) is 5.06. The molecule has 1 aliphatic heterocycles. The van der Waals surface area contributed by atoms with E-state index < -0.39 is 5.72 Å². The molecule has 20 heavy (non-hydrogen) atoms. The molecule has 3 N–H and O–H groups in total. The van der Waals surface area contributed by atoms with E-state index in [1.807, 2.05) is 60.7 Å². The number of fused-ring (bicyclic) bond motifs is 1. The molecule has 3 nitrogen and oxygen atoms in total. The van der Waals surface area contributed by atoms with E-state index in [4.69, 9.17) is 0 Å². The first-order valence-electron chi connectivity index (χ1n) is 6.42. The lowest BCUT2D eigenvalue weighted by atomic mass is 9.93. The quantitative estimate of drug-likeness (QED) is 0.782. The smallest absolute Gasteiger partial charge is 0.187 e. The summed E-state index contributed by atoms with van der Waals surface area (Å²) in [6.45, 7) is 0. The summed E-state index contributed by atoms with van der Waals surface area (Å²) in [5.74, 6) is -0.0519. The zero-order chi connectivity index (χ0) is 14.0. The average molecular weight is 265 g/mol. The van der Waals surface area contributed by atoms with Gasteiger partial charge in [-0.15, -0.1) is 0 Å². The van der Waals surface area contributed by atoms with Crippen molar-refractivity contribution in [1.29, 1.82) is 0 Å². The molecule has 0 saturated heterocycles. The van der Waals surface area contributed by atoms with Gasteiger partial charge in [-0.2, -0.15) is 0 Å². The molecule has 0 spiro atoms. The molecule has 100 valence electrons. The number of aliphatic hydroxyl groups excluding tert-OH is 1. The highest BCUT2D eigenvalue weighted by atomic mass is 16.3. The Kier molecular flexibility index (Phi) is 3.05. The van der Waals surface area contributed by atoms with Gasteiger partial charge in [0.2, 0.25) is 0 Å². The lowest BCUT2D eigenvalue weighted by Crippen LogP contribution is -2.42. The first-order valence-corrected chi connectivity index (χ1v) is 6.42. The fourth-order valence-corrected chi connectivity index (χ4v) is 2.33. The fourth-order valence-electron chi connectivity index (χ4n) is 2.33. The van der Waals surface area contributed by atoms with Crippen LogP contribution in [0, 0.1) is 0 Å². The van der Waals surface area contributed by atoms with Crippen LogP contribution >= 0.6 is 0 Å². The second-order valence-corrected chi connectivity index (χ2v) is 4.75. The van der Waals surface area contributed by atoms with Crippen molar-refractivity contribution in [2.75, 3.05) is 0 Å². The lowest BCUT2D eigenvalue weighted by molar-refractivity contribution is 0.0460. The highest BCUT2D eigenvalue weighted by Gasteiger charge is 2.31. The molecule has 0 radical (unpaired) electrons. The molecule has 1 unspecified atom stereocenters. The maximum atomic E-state index is 10.8. The molecule has 0 aromatic heterocycles. The zero-order valence-corrected chi connectivity index (χ0v) is 10.8. The van der Waals surface area contributed by atoms with E-state index in [1.54, 1.807) is 12.2 Å². The molecular formula is C17H15NO2. The molecule has 3 rings (SSSR count). The van der Waals surface area contributed by atoms with E-state index in [0.29, 0.717) is 5.56 Å². The van der Waals surface area contributed by atoms with Crippen LogP contribution in [-0.2, 0) is 5.72 Å². The normalized spacial score (nSPS) is 21.1. The first kappa shape index (κ1) is 12.5. The molecule has 2 aromatic carbocycles. The van der Waals surface area contributed by atoms with E-state index in [9.17, 15) is 10.2 Å². The third-order valence-electron chi connectivity index (χ3n) is 3.30. The minimum atomic E-state index is -1.41. The molecular weight excluding hydrogens is 250 g/mol. The Morgan fingerprint density at radius 1 is 0.950 bits per heavy atom. The Balaban J connectivity index is 2.00. The highest BCUT2D eigenvalue weighted by molar-refractivity contribution is 5.62. The molecule has 3 heteroatoms. The van der Waals surface area contributed by atoms with E-state index in [0.717, 1.165) is 11.1 Å². The molecule has 1 heterocycles. The maximum absolute atomic E-state index is 10.8. The Morgan fingerprint density at radius 2 is 1.65 bits per heavy atom. The predicted molar refractivity (Wildman–Crippen MR) is 79.6 cm³/mol. The van der Waals surface area contributed by atoms with E-state index in [1.165, 1.54) is 0 Å². The summed E-state index contributed by atoms with van der Waals surface area (Å²) < 4.78 is 0. The summed E-state index contributed by atoms with van der Waals surface area (Å²) in [7, 11) is 0. The van der Waals surface area contributed by atoms with E-state index in [2.05, 4.69) is 5.32 Å². The van der Waals surface area contributed by atoms with Gasteiger partial charge in [-0.1, -0.05) is 60.7 Å². The zero-order valence-electron chi connectivity index (χ0n) is 10.8. The largest absolute Gasteiger partial charge is 0.495 e. The summed E-state index contributed by atoms with van der Waals surface area (Å²) in [4.78, 5) is 0. The number of aliphatic hydroxyl groups is 2. The van der Waals surface area contributed by atoms with Crippen molar-refractivity contribution in [2.45, 2.75) is 5.72 Å². The summed E-state index contributed by atoms with van der Waals surface area (Å²) in [6, 6.07) is 17.1. The molecule has 2 aromatic rings. The summed E-state index contributed by atoms with van der Waals surface area (Å²) in [5, 5.41) is 23.2. The molecule has 1 atom stereocenters. The van der Waals surface area contributed by atoms with E-state index in [-0.39, 0.29) is 5.88 Å². The van der Waals surface area contributed by atoms with Crippen LogP contribution < -0.4 is 5.32 Å². The third-order valence-corrected chi connectivity index (χ3v) is 3.30. The number of nitrogens with one attached hydrogen (secondary N) is 1. The minimum Gasteiger partial charge on any atom is -0.495 e. The van der Waals surface area contributed by atoms with Crippen LogP contribution in [0.1, 0.15) is 16.7 Å². The van der Waals surface area contributed by atoms with Gasteiger partial charge in [-0.25, -0.2) is 0 Å². The van der Waals surface area contributed by atoms with E-state index >= 15 is 0 Å². The Labute approximate surface area is 117 Å². The van der Waals surface area contributed by atoms with Gasteiger partial charge in [-0.05, 0) is 17.2 Å². The molecule has 0 bridgehead atoms. The third kappa shape index (κ3) is 2.31. The van der Waals surface area contributed by atoms with Crippen molar-refractivity contribution < 1.29 is 10.2 Å². The average Bonchev–Trinajstić information content (AvgIpc) is 2.46. The second kappa shape index (κ2) is 4.87. The van der Waals surface area contributed by atoms with Crippen LogP contribution in [0.4, 0.5) is 0 Å². The maximum Gasteiger partial charge on any atom is 0.187 e. The summed E-state index contributed by atoms with van der Waals surface area (Å²) >= 11 is 0. The van der Waals surface area contributed by atoms with Gasteiger partial charge >= 0.3 is 0 Å². The SMILES string of the molecule is OC1=Cc2ccccc2C(O)(C=Cc2ccccc2)N1. The monoisotopic (exact) mass is 265 g/mol. The highest BCUT2D eigenvalue weighted by Crippen LogP contribution is 2.30. The second-order valence-electron chi connectivity index (χ2n) is 4.75. The predicted octanol–water partition coefficient (Wildman–Crippen LogP) is 3.00. The molecule has 0 saturated carbocycles. The van der Waals surface area contributed by atoms with Crippen molar-refractivity contribution >= 4 is 12.2 Å². The number of hydrogen-bond donors (Lipinski definition) is 3.